The van der Waals surface area contributed by atoms with E-state index in [2.05, 4.69) is 5.32 Å². The Labute approximate surface area is 173 Å². The molecule has 3 aromatic rings. The van der Waals surface area contributed by atoms with Gasteiger partial charge in [-0.3, -0.25) is 14.9 Å². The van der Waals surface area contributed by atoms with Gasteiger partial charge in [0.1, 0.15) is 5.69 Å². The largest absolute Gasteiger partial charge is 0.449 e. The van der Waals surface area contributed by atoms with Crippen molar-refractivity contribution in [2.45, 2.75) is 13.0 Å². The summed E-state index contributed by atoms with van der Waals surface area (Å²) in [4.78, 5) is 37.3. The fourth-order valence-corrected chi connectivity index (χ4v) is 3.03. The molecule has 1 N–H and O–H groups in total. The zero-order valence-corrected chi connectivity index (χ0v) is 16.8. The van der Waals surface area contributed by atoms with Crippen LogP contribution in [0.5, 0.6) is 0 Å². The summed E-state index contributed by atoms with van der Waals surface area (Å²) < 4.78 is 5.23. The number of nitrogens with zero attached hydrogens (tertiary/aromatic N) is 2. The molecule has 30 heavy (non-hydrogen) atoms. The Balaban J connectivity index is 1.74. The van der Waals surface area contributed by atoms with Crippen LogP contribution in [0, 0.1) is 10.1 Å². The summed E-state index contributed by atoms with van der Waals surface area (Å²) in [6, 6.07) is 17.1. The third-order valence-electron chi connectivity index (χ3n) is 4.59. The number of benzene rings is 3. The van der Waals surface area contributed by atoms with Gasteiger partial charge in [0.25, 0.3) is 11.6 Å². The summed E-state index contributed by atoms with van der Waals surface area (Å²) in [5.74, 6) is -1.32. The highest BCUT2D eigenvalue weighted by atomic mass is 16.6. The number of esters is 1. The van der Waals surface area contributed by atoms with E-state index in [4.69, 9.17) is 4.74 Å². The van der Waals surface area contributed by atoms with E-state index in [0.717, 1.165) is 16.8 Å². The highest BCUT2D eigenvalue weighted by Crippen LogP contribution is 2.28. The maximum atomic E-state index is 12.5. The van der Waals surface area contributed by atoms with Crippen molar-refractivity contribution in [3.63, 3.8) is 0 Å². The zero-order valence-electron chi connectivity index (χ0n) is 16.8. The molecule has 8 nitrogen and oxygen atoms in total. The molecule has 154 valence electrons. The first-order chi connectivity index (χ1) is 14.3. The van der Waals surface area contributed by atoms with Crippen molar-refractivity contribution in [2.75, 3.05) is 24.3 Å². The Hall–Kier alpha value is -3.94. The number of amides is 1. The van der Waals surface area contributed by atoms with Crippen molar-refractivity contribution < 1.29 is 19.2 Å². The SMILES string of the molecule is C[C@H](OC(=O)c1ccc(N(C)C)c([N+](=O)[O-])c1)C(=O)Nc1cccc2ccccc12. The van der Waals surface area contributed by atoms with Gasteiger partial charge in [0.2, 0.25) is 0 Å². The van der Waals surface area contributed by atoms with Crippen LogP contribution in [0.2, 0.25) is 0 Å². The second-order valence-electron chi connectivity index (χ2n) is 6.92. The fourth-order valence-electron chi connectivity index (χ4n) is 3.03. The number of hydrogen-bond acceptors (Lipinski definition) is 6. The quantitative estimate of drug-likeness (QED) is 0.376. The van der Waals surface area contributed by atoms with Gasteiger partial charge in [-0.25, -0.2) is 4.79 Å². The van der Waals surface area contributed by atoms with E-state index in [0.29, 0.717) is 11.4 Å². The molecular formula is C22H21N3O5. The van der Waals surface area contributed by atoms with E-state index in [1.165, 1.54) is 19.1 Å². The van der Waals surface area contributed by atoms with Gasteiger partial charge in [0.05, 0.1) is 10.5 Å². The molecule has 0 saturated heterocycles. The Morgan fingerprint density at radius 1 is 1.07 bits per heavy atom. The molecular weight excluding hydrogens is 386 g/mol. The molecule has 0 aromatic heterocycles. The number of carbonyl (C=O) groups is 2. The molecule has 0 aliphatic heterocycles. The van der Waals surface area contributed by atoms with E-state index in [1.54, 1.807) is 25.1 Å². The number of carbonyl (C=O) groups excluding carboxylic acids is 2. The van der Waals surface area contributed by atoms with Crippen LogP contribution in [0.3, 0.4) is 0 Å². The minimum atomic E-state index is -1.09. The number of nitro benzene ring substituents is 1. The van der Waals surface area contributed by atoms with Crippen molar-refractivity contribution in [3.05, 3.63) is 76.3 Å². The monoisotopic (exact) mass is 407 g/mol. The first-order valence-electron chi connectivity index (χ1n) is 9.23. The molecule has 0 radical (unpaired) electrons. The molecule has 1 atom stereocenters. The standard InChI is InChI=1S/C22H21N3O5/c1-14(21(26)23-18-10-6-8-15-7-4-5-9-17(15)18)30-22(27)16-11-12-19(24(2)3)20(13-16)25(28)29/h4-14H,1-3H3,(H,23,26)/t14-/m0/s1. The number of fused-ring (bicyclic) bond motifs is 1. The highest BCUT2D eigenvalue weighted by Gasteiger charge is 2.23. The number of hydrogen-bond donors (Lipinski definition) is 1. The van der Waals surface area contributed by atoms with Crippen molar-refractivity contribution in [1.82, 2.24) is 0 Å². The van der Waals surface area contributed by atoms with Crippen LogP contribution in [0.4, 0.5) is 17.1 Å². The third-order valence-corrected chi connectivity index (χ3v) is 4.59. The van der Waals surface area contributed by atoms with Gasteiger partial charge in [-0.2, -0.15) is 0 Å². The van der Waals surface area contributed by atoms with Crippen LogP contribution < -0.4 is 10.2 Å². The first kappa shape index (κ1) is 20.8. The lowest BCUT2D eigenvalue weighted by Crippen LogP contribution is -2.30. The minimum Gasteiger partial charge on any atom is -0.449 e. The topological polar surface area (TPSA) is 102 Å². The van der Waals surface area contributed by atoms with Gasteiger partial charge in [0.15, 0.2) is 6.10 Å². The summed E-state index contributed by atoms with van der Waals surface area (Å²) in [5.41, 5.74) is 0.740. The van der Waals surface area contributed by atoms with Gasteiger partial charge in [-0.1, -0.05) is 36.4 Å². The maximum Gasteiger partial charge on any atom is 0.339 e. The van der Waals surface area contributed by atoms with Crippen LogP contribution in [0.1, 0.15) is 17.3 Å². The Bertz CT molecular complexity index is 1120. The average molecular weight is 407 g/mol. The molecule has 0 aliphatic carbocycles. The van der Waals surface area contributed by atoms with E-state index < -0.39 is 22.9 Å². The Kier molecular flexibility index (Phi) is 5.96. The normalized spacial score (nSPS) is 11.6. The predicted molar refractivity (Wildman–Crippen MR) is 115 cm³/mol. The van der Waals surface area contributed by atoms with Crippen molar-refractivity contribution in [1.29, 1.82) is 0 Å². The van der Waals surface area contributed by atoms with Gasteiger partial charge in [-0.15, -0.1) is 0 Å². The first-order valence-corrected chi connectivity index (χ1v) is 9.23. The van der Waals surface area contributed by atoms with Crippen molar-refractivity contribution >= 4 is 39.7 Å². The van der Waals surface area contributed by atoms with E-state index in [1.807, 2.05) is 36.4 Å². The summed E-state index contributed by atoms with van der Waals surface area (Å²) >= 11 is 0. The van der Waals surface area contributed by atoms with Crippen molar-refractivity contribution in [2.24, 2.45) is 0 Å². The van der Waals surface area contributed by atoms with E-state index in [9.17, 15) is 19.7 Å². The summed E-state index contributed by atoms with van der Waals surface area (Å²) in [7, 11) is 3.33. The van der Waals surface area contributed by atoms with Gasteiger partial charge >= 0.3 is 5.97 Å². The molecule has 0 saturated carbocycles. The summed E-state index contributed by atoms with van der Waals surface area (Å²) in [6.07, 6.45) is -1.09. The lowest BCUT2D eigenvalue weighted by Gasteiger charge is -2.16. The van der Waals surface area contributed by atoms with Crippen LogP contribution in [0.25, 0.3) is 10.8 Å². The third kappa shape index (κ3) is 4.38. The number of rotatable bonds is 6. The number of nitro groups is 1. The maximum absolute atomic E-state index is 12.5. The van der Waals surface area contributed by atoms with Crippen LogP contribution >= 0.6 is 0 Å². The molecule has 0 aliphatic rings. The number of anilines is 2. The molecule has 1 amide bonds. The second-order valence-corrected chi connectivity index (χ2v) is 6.92. The average Bonchev–Trinajstić information content (AvgIpc) is 2.73. The molecule has 3 aromatic carbocycles. The minimum absolute atomic E-state index is 0.00268. The lowest BCUT2D eigenvalue weighted by molar-refractivity contribution is -0.384. The highest BCUT2D eigenvalue weighted by molar-refractivity contribution is 6.04. The molecule has 0 spiro atoms. The molecule has 0 fully saturated rings. The zero-order chi connectivity index (χ0) is 21.8. The molecule has 0 heterocycles. The molecule has 0 bridgehead atoms. The summed E-state index contributed by atoms with van der Waals surface area (Å²) in [5, 5.41) is 15.9. The van der Waals surface area contributed by atoms with Crippen LogP contribution in [0.15, 0.2) is 60.7 Å². The number of ether oxygens (including phenoxy) is 1. The van der Waals surface area contributed by atoms with Crippen LogP contribution in [-0.2, 0) is 9.53 Å². The van der Waals surface area contributed by atoms with E-state index >= 15 is 0 Å². The predicted octanol–water partition coefficient (Wildman–Crippen LogP) is 4.00. The van der Waals surface area contributed by atoms with E-state index in [-0.39, 0.29) is 11.3 Å². The fraction of sp³-hybridized carbons (Fsp3) is 0.182. The summed E-state index contributed by atoms with van der Waals surface area (Å²) in [6.45, 7) is 1.45. The Morgan fingerprint density at radius 2 is 1.77 bits per heavy atom. The van der Waals surface area contributed by atoms with Gasteiger partial charge < -0.3 is 15.0 Å². The lowest BCUT2D eigenvalue weighted by atomic mass is 10.1. The van der Waals surface area contributed by atoms with Crippen molar-refractivity contribution in [3.8, 4) is 0 Å². The molecule has 8 heteroatoms. The van der Waals surface area contributed by atoms with Gasteiger partial charge in [0, 0.05) is 31.2 Å². The van der Waals surface area contributed by atoms with Crippen LogP contribution in [-0.4, -0.2) is 37.0 Å². The molecule has 0 unspecified atom stereocenters. The second kappa shape index (κ2) is 8.60. The number of nitrogens with one attached hydrogen (secondary N) is 1. The molecule has 3 rings (SSSR count). The van der Waals surface area contributed by atoms with Gasteiger partial charge in [-0.05, 0) is 30.5 Å². The smallest absolute Gasteiger partial charge is 0.339 e. The Morgan fingerprint density at radius 3 is 2.47 bits per heavy atom.